The average Bonchev–Trinajstić information content (AvgIpc) is 3.34. The van der Waals surface area contributed by atoms with Crippen molar-refractivity contribution in [3.05, 3.63) is 115 Å². The molecule has 1 aliphatic rings. The molecule has 0 aliphatic carbocycles. The summed E-state index contributed by atoms with van der Waals surface area (Å²) >= 11 is 0. The maximum Gasteiger partial charge on any atom is 0.377 e. The molecule has 5 heterocycles. The first-order valence-corrected chi connectivity index (χ1v) is 14.9. The molecule has 3 N–H and O–H groups in total. The van der Waals surface area contributed by atoms with E-state index in [1.807, 2.05) is 52.0 Å². The number of nitrogens with zero attached hydrogens (tertiary/aromatic N) is 6. The van der Waals surface area contributed by atoms with Gasteiger partial charge in [0.15, 0.2) is 11.9 Å². The van der Waals surface area contributed by atoms with E-state index in [1.165, 1.54) is 0 Å². The Hall–Kier alpha value is -5.87. The van der Waals surface area contributed by atoms with E-state index < -0.39 is 36.3 Å². The molecule has 0 saturated carbocycles. The number of non-ortho nitro benzene ring substituents is 2. The normalized spacial score (nSPS) is 14.3. The number of aliphatic hydroxyl groups excluding tert-OH is 3. The van der Waals surface area contributed by atoms with Crippen molar-refractivity contribution in [1.29, 1.82) is 0 Å². The molecule has 2 aromatic carbocycles. The van der Waals surface area contributed by atoms with Gasteiger partial charge in [0.2, 0.25) is 5.76 Å². The maximum atomic E-state index is 11.2. The number of ether oxygens (including phenoxy) is 1. The van der Waals surface area contributed by atoms with Crippen molar-refractivity contribution in [1.82, 2.24) is 19.9 Å². The van der Waals surface area contributed by atoms with Gasteiger partial charge in [0.25, 0.3) is 11.4 Å². The van der Waals surface area contributed by atoms with Crippen LogP contribution >= 0.6 is 0 Å². The van der Waals surface area contributed by atoms with Crippen LogP contribution in [0.2, 0.25) is 0 Å². The number of hydrogen-bond donors (Lipinski definition) is 3. The van der Waals surface area contributed by atoms with Crippen molar-refractivity contribution >= 4 is 61.0 Å². The number of fused-ring (bicyclic) bond motifs is 6. The molecule has 4 aromatic heterocycles. The molecule has 1 aliphatic heterocycles. The Morgan fingerprint density at radius 1 is 0.706 bits per heavy atom. The number of esters is 1. The number of carbonyl (C=O) groups is 1. The molecule has 17 heteroatoms. The molecule has 6 aromatic rings. The number of carbonyl (C=O) groups excluding carboxylic acids is 1. The van der Waals surface area contributed by atoms with E-state index in [9.17, 15) is 30.1 Å². The van der Waals surface area contributed by atoms with E-state index in [0.717, 1.165) is 33.5 Å². The van der Waals surface area contributed by atoms with Gasteiger partial charge in [0.05, 0.1) is 37.8 Å². The average molecular weight is 745 g/mol. The summed E-state index contributed by atoms with van der Waals surface area (Å²) in [5.74, 6) is -2.87. The summed E-state index contributed by atoms with van der Waals surface area (Å²) in [4.78, 5) is 49.9. The second kappa shape index (κ2) is 15.3. The molecule has 0 saturated heterocycles. The summed E-state index contributed by atoms with van der Waals surface area (Å²) in [7, 11) is 0. The van der Waals surface area contributed by atoms with Gasteiger partial charge >= 0.3 is 5.97 Å². The predicted molar refractivity (Wildman–Crippen MR) is 179 cm³/mol. The Balaban J connectivity index is 0.000000175. The topological polar surface area (TPSA) is 248 Å². The number of aromatic nitrogens is 4. The quantitative estimate of drug-likeness (QED) is 0.0735. The second-order valence-corrected chi connectivity index (χ2v) is 11.3. The van der Waals surface area contributed by atoms with Crippen LogP contribution in [-0.2, 0) is 26.6 Å². The first-order chi connectivity index (χ1) is 23.7. The van der Waals surface area contributed by atoms with Gasteiger partial charge in [-0.1, -0.05) is 12.1 Å². The van der Waals surface area contributed by atoms with E-state index in [-0.39, 0.29) is 38.3 Å². The third-order valence-electron chi connectivity index (χ3n) is 7.64. The molecule has 0 bridgehead atoms. The van der Waals surface area contributed by atoms with Gasteiger partial charge in [-0.2, -0.15) is 0 Å². The minimum Gasteiger partial charge on any atom is -0.853 e. The largest absolute Gasteiger partial charge is 0.853 e. The summed E-state index contributed by atoms with van der Waals surface area (Å²) in [6.07, 6.45) is -2.95. The molecular formula is C34H29CuN6O10-. The minimum absolute atomic E-state index is 0. The Bertz CT molecular complexity index is 2250. The molecule has 16 nitrogen and oxygen atoms in total. The van der Waals surface area contributed by atoms with Gasteiger partial charge in [-0.25, -0.2) is 4.79 Å². The Kier molecular flexibility index (Phi) is 11.4. The van der Waals surface area contributed by atoms with Crippen LogP contribution in [-0.4, -0.2) is 69.9 Å². The summed E-state index contributed by atoms with van der Waals surface area (Å²) in [5, 5.41) is 61.5. The van der Waals surface area contributed by atoms with Crippen molar-refractivity contribution in [2.45, 2.75) is 39.9 Å². The Morgan fingerprint density at radius 3 is 1.41 bits per heavy atom. The molecule has 7 rings (SSSR count). The fourth-order valence-electron chi connectivity index (χ4n) is 5.20. The molecule has 0 amide bonds. The van der Waals surface area contributed by atoms with Crippen LogP contribution in [0, 0.1) is 47.9 Å². The van der Waals surface area contributed by atoms with Gasteiger partial charge in [-0.05, 0) is 64.1 Å². The van der Waals surface area contributed by atoms with Crippen molar-refractivity contribution < 1.29 is 56.9 Å². The van der Waals surface area contributed by atoms with Gasteiger partial charge < -0.3 is 25.2 Å². The number of aryl methyl sites for hydroxylation is 4. The van der Waals surface area contributed by atoms with Crippen LogP contribution < -0.4 is 5.11 Å². The number of pyridine rings is 4. The maximum absolute atomic E-state index is 11.2. The van der Waals surface area contributed by atoms with Crippen molar-refractivity contribution in [2.24, 2.45) is 0 Å². The zero-order chi connectivity index (χ0) is 36.4. The van der Waals surface area contributed by atoms with Crippen LogP contribution in [0.15, 0.2) is 72.2 Å². The van der Waals surface area contributed by atoms with E-state index >= 15 is 0 Å². The first-order valence-electron chi connectivity index (χ1n) is 14.9. The van der Waals surface area contributed by atoms with E-state index in [1.54, 1.807) is 36.4 Å². The van der Waals surface area contributed by atoms with Crippen molar-refractivity contribution in [3.8, 4) is 0 Å². The third-order valence-corrected chi connectivity index (χ3v) is 7.64. The minimum atomic E-state index is -1.53. The molecule has 0 spiro atoms. The van der Waals surface area contributed by atoms with Gasteiger partial charge in [-0.3, -0.25) is 40.2 Å². The molecule has 267 valence electrons. The molecule has 2 unspecified atom stereocenters. The van der Waals surface area contributed by atoms with Crippen molar-refractivity contribution in [3.63, 3.8) is 0 Å². The van der Waals surface area contributed by atoms with Crippen LogP contribution in [0.5, 0.6) is 0 Å². The third kappa shape index (κ3) is 7.81. The summed E-state index contributed by atoms with van der Waals surface area (Å²) < 4.78 is 4.28. The summed E-state index contributed by atoms with van der Waals surface area (Å²) in [6.45, 7) is 6.58. The first kappa shape index (κ1) is 37.9. The molecule has 0 fully saturated rings. The number of aliphatic hydroxyl groups is 3. The van der Waals surface area contributed by atoms with Crippen LogP contribution in [0.25, 0.3) is 43.6 Å². The molecule has 1 radical (unpaired) electrons. The number of nitro groups is 2. The van der Waals surface area contributed by atoms with Gasteiger partial charge in [0.1, 0.15) is 11.0 Å². The van der Waals surface area contributed by atoms with Crippen LogP contribution in [0.1, 0.15) is 22.8 Å². The fraction of sp³-hybridized carbons (Fsp3) is 0.206. The summed E-state index contributed by atoms with van der Waals surface area (Å²) in [5.41, 5.74) is 6.11. The van der Waals surface area contributed by atoms with Crippen LogP contribution in [0.4, 0.5) is 11.4 Å². The van der Waals surface area contributed by atoms with E-state index in [0.29, 0.717) is 32.8 Å². The fourth-order valence-corrected chi connectivity index (χ4v) is 5.20. The standard InChI is InChI=1S/2C14H11N3O2.C6H7O6.Cu/c2*1-8-3-5-10-7-12(17(18)19)11-6-4-9(2)16-14(11)13(10)15-8;7-1-2(8)5-3(9)4(10)6(11)12-5;/h2*3-7H,1-2H3;2,5,8-10H,1H2;/q;;-1;. The van der Waals surface area contributed by atoms with E-state index in [2.05, 4.69) is 24.7 Å². The predicted octanol–water partition coefficient (Wildman–Crippen LogP) is 4.57. The zero-order valence-electron chi connectivity index (χ0n) is 27.3. The monoisotopic (exact) mass is 744 g/mol. The van der Waals surface area contributed by atoms with Gasteiger partial charge in [0, 0.05) is 62.7 Å². The Labute approximate surface area is 298 Å². The Morgan fingerprint density at radius 2 is 1.08 bits per heavy atom. The van der Waals surface area contributed by atoms with Crippen molar-refractivity contribution in [2.75, 3.05) is 6.61 Å². The zero-order valence-corrected chi connectivity index (χ0v) is 28.3. The van der Waals surface area contributed by atoms with Gasteiger partial charge in [-0.15, -0.1) is 6.61 Å². The van der Waals surface area contributed by atoms with Crippen LogP contribution in [0.3, 0.4) is 0 Å². The number of rotatable bonds is 4. The van der Waals surface area contributed by atoms with E-state index in [4.69, 9.17) is 15.3 Å². The molecular weight excluding hydrogens is 716 g/mol. The SMILES string of the molecule is Cc1ccc2cc([N+](=O)[O-])c3ccc(C)nc3c2n1.Cc1ccc2cc([N+](=O)[O-])c3ccc(C)nc3c2n1.O=C1OC(C(O)C[O-])C(O)=C1O.[Cu]. The number of benzene rings is 2. The number of hydrogen-bond acceptors (Lipinski definition) is 14. The second-order valence-electron chi connectivity index (χ2n) is 11.3. The number of cyclic esters (lactones) is 1. The number of nitro benzene ring substituents is 2. The smallest absolute Gasteiger partial charge is 0.377 e. The molecule has 51 heavy (non-hydrogen) atoms. The molecule has 2 atom stereocenters. The summed E-state index contributed by atoms with van der Waals surface area (Å²) in [6, 6.07) is 17.5.